The topological polar surface area (TPSA) is 87.5 Å². The first-order valence-electron chi connectivity index (χ1n) is 11.2. The third-order valence-electron chi connectivity index (χ3n) is 6.15. The Balaban J connectivity index is 1.69. The molecule has 1 aliphatic rings. The van der Waals surface area contributed by atoms with Gasteiger partial charge in [-0.25, -0.2) is 9.48 Å². The SMILES string of the molecule is Cc1ccccc1CN1CCCn2nc(C(F)(F)F)c(C(=O)N[C@@H](C)c3ccc(C(=O)O)cc3)c21. The molecular weight excluding hydrogens is 461 g/mol. The van der Waals surface area contributed by atoms with Crippen LogP contribution in [0.5, 0.6) is 0 Å². The molecule has 0 saturated heterocycles. The molecule has 0 fully saturated rings. The number of carbonyl (C=O) groups excluding carboxylic acids is 1. The van der Waals surface area contributed by atoms with Crippen molar-refractivity contribution in [3.63, 3.8) is 0 Å². The predicted octanol–water partition coefficient (Wildman–Crippen LogP) is 4.81. The molecule has 0 bridgehead atoms. The maximum absolute atomic E-state index is 14.0. The van der Waals surface area contributed by atoms with Crippen LogP contribution in [0.2, 0.25) is 0 Å². The maximum Gasteiger partial charge on any atom is 0.436 e. The van der Waals surface area contributed by atoms with Gasteiger partial charge in [0.1, 0.15) is 11.4 Å². The second-order valence-corrected chi connectivity index (χ2v) is 8.59. The second-order valence-electron chi connectivity index (χ2n) is 8.59. The highest BCUT2D eigenvalue weighted by Crippen LogP contribution is 2.38. The zero-order chi connectivity index (χ0) is 25.3. The van der Waals surface area contributed by atoms with Crippen LogP contribution in [-0.2, 0) is 19.3 Å². The summed E-state index contributed by atoms with van der Waals surface area (Å²) in [5.74, 6) is -1.83. The average Bonchev–Trinajstić information content (AvgIpc) is 3.22. The van der Waals surface area contributed by atoms with Gasteiger partial charge >= 0.3 is 12.1 Å². The number of carbonyl (C=O) groups is 2. The van der Waals surface area contributed by atoms with Gasteiger partial charge in [-0.3, -0.25) is 4.79 Å². The normalized spacial score (nSPS) is 14.4. The van der Waals surface area contributed by atoms with Gasteiger partial charge < -0.3 is 15.3 Å². The van der Waals surface area contributed by atoms with Crippen molar-refractivity contribution in [1.29, 1.82) is 0 Å². The van der Waals surface area contributed by atoms with Crippen molar-refractivity contribution < 1.29 is 27.9 Å². The summed E-state index contributed by atoms with van der Waals surface area (Å²) in [4.78, 5) is 26.1. The molecular formula is C25H25F3N4O3. The zero-order valence-electron chi connectivity index (χ0n) is 19.3. The van der Waals surface area contributed by atoms with E-state index in [4.69, 9.17) is 5.11 Å². The minimum Gasteiger partial charge on any atom is -0.478 e. The number of aromatic nitrogens is 2. The van der Waals surface area contributed by atoms with Crippen LogP contribution in [0.4, 0.5) is 19.0 Å². The Morgan fingerprint density at radius 1 is 1.11 bits per heavy atom. The van der Waals surface area contributed by atoms with Crippen LogP contribution in [0, 0.1) is 6.92 Å². The van der Waals surface area contributed by atoms with Crippen molar-refractivity contribution in [2.45, 2.75) is 45.6 Å². The molecule has 2 N–H and O–H groups in total. The van der Waals surface area contributed by atoms with Gasteiger partial charge in [-0.15, -0.1) is 0 Å². The number of hydrogen-bond acceptors (Lipinski definition) is 4. The van der Waals surface area contributed by atoms with Crippen molar-refractivity contribution in [2.75, 3.05) is 11.4 Å². The Kier molecular flexibility index (Phi) is 6.56. The van der Waals surface area contributed by atoms with E-state index in [0.29, 0.717) is 25.1 Å². The lowest BCUT2D eigenvalue weighted by molar-refractivity contribution is -0.141. The molecule has 4 rings (SSSR count). The molecule has 0 unspecified atom stereocenters. The van der Waals surface area contributed by atoms with Crippen LogP contribution in [-0.4, -0.2) is 33.3 Å². The Labute approximate surface area is 200 Å². The smallest absolute Gasteiger partial charge is 0.436 e. The molecule has 0 radical (unpaired) electrons. The van der Waals surface area contributed by atoms with Crippen LogP contribution < -0.4 is 10.2 Å². The summed E-state index contributed by atoms with van der Waals surface area (Å²) in [6.07, 6.45) is -4.21. The Hall–Kier alpha value is -3.82. The minimum atomic E-state index is -4.81. The van der Waals surface area contributed by atoms with E-state index in [-0.39, 0.29) is 17.9 Å². The van der Waals surface area contributed by atoms with E-state index >= 15 is 0 Å². The van der Waals surface area contributed by atoms with Crippen molar-refractivity contribution in [3.05, 3.63) is 82.0 Å². The van der Waals surface area contributed by atoms with E-state index in [0.717, 1.165) is 11.1 Å². The summed E-state index contributed by atoms with van der Waals surface area (Å²) < 4.78 is 43.2. The van der Waals surface area contributed by atoms with E-state index in [9.17, 15) is 22.8 Å². The average molecular weight is 486 g/mol. The number of alkyl halides is 3. The third-order valence-corrected chi connectivity index (χ3v) is 6.15. The summed E-state index contributed by atoms with van der Waals surface area (Å²) in [7, 11) is 0. The first-order chi connectivity index (χ1) is 16.6. The van der Waals surface area contributed by atoms with Crippen LogP contribution in [0.15, 0.2) is 48.5 Å². The number of fused-ring (bicyclic) bond motifs is 1. The fourth-order valence-corrected chi connectivity index (χ4v) is 4.27. The molecule has 1 atom stereocenters. The number of anilines is 1. The van der Waals surface area contributed by atoms with E-state index < -0.39 is 35.4 Å². The fraction of sp³-hybridized carbons (Fsp3) is 0.320. The van der Waals surface area contributed by atoms with Gasteiger partial charge in [0.05, 0.1) is 11.6 Å². The largest absolute Gasteiger partial charge is 0.478 e. The zero-order valence-corrected chi connectivity index (χ0v) is 19.3. The van der Waals surface area contributed by atoms with Crippen LogP contribution >= 0.6 is 0 Å². The highest BCUT2D eigenvalue weighted by atomic mass is 19.4. The molecule has 2 heterocycles. The molecule has 10 heteroatoms. The highest BCUT2D eigenvalue weighted by molar-refractivity contribution is 6.01. The lowest BCUT2D eigenvalue weighted by Gasteiger charge is -2.31. The molecule has 1 amide bonds. The number of halogens is 3. The van der Waals surface area contributed by atoms with Gasteiger partial charge in [0, 0.05) is 19.6 Å². The number of aryl methyl sites for hydroxylation is 2. The van der Waals surface area contributed by atoms with E-state index in [1.54, 1.807) is 11.8 Å². The number of benzene rings is 2. The molecule has 1 aromatic heterocycles. The molecule has 0 spiro atoms. The Bertz CT molecular complexity index is 1250. The Morgan fingerprint density at radius 3 is 2.43 bits per heavy atom. The van der Waals surface area contributed by atoms with Crippen LogP contribution in [0.25, 0.3) is 0 Å². The highest BCUT2D eigenvalue weighted by Gasteiger charge is 2.43. The molecule has 0 aliphatic carbocycles. The predicted molar refractivity (Wildman–Crippen MR) is 123 cm³/mol. The van der Waals surface area contributed by atoms with Crippen LogP contribution in [0.3, 0.4) is 0 Å². The number of aromatic carboxylic acids is 1. The summed E-state index contributed by atoms with van der Waals surface area (Å²) >= 11 is 0. The second kappa shape index (κ2) is 9.44. The standard InChI is InChI=1S/C25H25F3N4O3/c1-15-6-3-4-7-19(15)14-31-12-5-13-32-23(31)20(21(30-32)25(26,27)28)22(33)29-16(2)17-8-10-18(11-9-17)24(34)35/h3-4,6-11,16H,5,12-14H2,1-2H3,(H,29,33)(H,34,35)/t16-/m0/s1. The number of nitrogens with one attached hydrogen (secondary N) is 1. The third kappa shape index (κ3) is 5.01. The van der Waals surface area contributed by atoms with Gasteiger partial charge in [-0.2, -0.15) is 18.3 Å². The molecule has 35 heavy (non-hydrogen) atoms. The fourth-order valence-electron chi connectivity index (χ4n) is 4.27. The van der Waals surface area contributed by atoms with E-state index in [1.165, 1.54) is 28.9 Å². The van der Waals surface area contributed by atoms with Gasteiger partial charge in [-0.05, 0) is 49.1 Å². The molecule has 2 aromatic carbocycles. The van der Waals surface area contributed by atoms with Gasteiger partial charge in [-0.1, -0.05) is 36.4 Å². The van der Waals surface area contributed by atoms with Gasteiger partial charge in [0.15, 0.2) is 5.69 Å². The first kappa shape index (κ1) is 24.3. The molecule has 184 valence electrons. The number of nitrogens with zero attached hydrogens (tertiary/aromatic N) is 3. The lowest BCUT2D eigenvalue weighted by Crippen LogP contribution is -2.35. The Morgan fingerprint density at radius 2 is 1.80 bits per heavy atom. The maximum atomic E-state index is 14.0. The lowest BCUT2D eigenvalue weighted by atomic mass is 10.0. The van der Waals surface area contributed by atoms with Crippen molar-refractivity contribution in [1.82, 2.24) is 15.1 Å². The molecule has 1 aliphatic heterocycles. The van der Waals surface area contributed by atoms with Crippen molar-refractivity contribution in [2.24, 2.45) is 0 Å². The van der Waals surface area contributed by atoms with Crippen molar-refractivity contribution in [3.8, 4) is 0 Å². The summed E-state index contributed by atoms with van der Waals surface area (Å²) in [5.41, 5.74) is 0.882. The van der Waals surface area contributed by atoms with Crippen molar-refractivity contribution >= 4 is 17.7 Å². The first-order valence-corrected chi connectivity index (χ1v) is 11.2. The summed E-state index contributed by atoms with van der Waals surface area (Å²) in [5, 5.41) is 15.5. The molecule has 3 aromatic rings. The number of rotatable bonds is 6. The summed E-state index contributed by atoms with van der Waals surface area (Å²) in [6, 6.07) is 12.8. The quantitative estimate of drug-likeness (QED) is 0.522. The van der Waals surface area contributed by atoms with Gasteiger partial charge in [0.2, 0.25) is 0 Å². The van der Waals surface area contributed by atoms with Crippen LogP contribution in [0.1, 0.15) is 62.5 Å². The number of amides is 1. The number of hydrogen-bond donors (Lipinski definition) is 2. The van der Waals surface area contributed by atoms with E-state index in [1.807, 2.05) is 31.2 Å². The molecule has 0 saturated carbocycles. The minimum absolute atomic E-state index is 0.0733. The van der Waals surface area contributed by atoms with Gasteiger partial charge in [0.25, 0.3) is 5.91 Å². The number of carboxylic acid groups (broad SMARTS) is 1. The monoisotopic (exact) mass is 486 g/mol. The van der Waals surface area contributed by atoms with E-state index in [2.05, 4.69) is 10.4 Å². The summed E-state index contributed by atoms with van der Waals surface area (Å²) in [6.45, 7) is 4.68. The molecule has 7 nitrogen and oxygen atoms in total. The number of carboxylic acids is 1.